The van der Waals surface area contributed by atoms with Crippen LogP contribution in [0.4, 0.5) is 5.69 Å². The SMILES string of the molecule is CCOc1ccc(C=NNc2cc(C)nc3ccc(OC)cc23)cc1. The molecule has 0 amide bonds. The first-order chi connectivity index (χ1) is 12.2. The Morgan fingerprint density at radius 3 is 2.56 bits per heavy atom. The normalized spacial score (nSPS) is 11.0. The van der Waals surface area contributed by atoms with E-state index in [1.54, 1.807) is 13.3 Å². The van der Waals surface area contributed by atoms with Crippen LogP contribution in [-0.2, 0) is 0 Å². The Labute approximate surface area is 147 Å². The number of hydrogen-bond acceptors (Lipinski definition) is 5. The maximum Gasteiger partial charge on any atom is 0.119 e. The van der Waals surface area contributed by atoms with Gasteiger partial charge in [0, 0.05) is 11.1 Å². The Kier molecular flexibility index (Phi) is 5.14. The zero-order valence-electron chi connectivity index (χ0n) is 14.6. The number of hydrogen-bond donors (Lipinski definition) is 1. The number of hydrazone groups is 1. The highest BCUT2D eigenvalue weighted by atomic mass is 16.5. The third kappa shape index (κ3) is 4.07. The summed E-state index contributed by atoms with van der Waals surface area (Å²) in [5.41, 5.74) is 6.82. The zero-order valence-corrected chi connectivity index (χ0v) is 14.6. The lowest BCUT2D eigenvalue weighted by molar-refractivity contribution is 0.340. The summed E-state index contributed by atoms with van der Waals surface area (Å²) in [5, 5.41) is 5.32. The molecule has 0 saturated carbocycles. The van der Waals surface area contributed by atoms with Crippen LogP contribution >= 0.6 is 0 Å². The van der Waals surface area contributed by atoms with Gasteiger partial charge >= 0.3 is 0 Å². The summed E-state index contributed by atoms with van der Waals surface area (Å²) < 4.78 is 10.7. The summed E-state index contributed by atoms with van der Waals surface area (Å²) in [6, 6.07) is 15.6. The molecule has 128 valence electrons. The van der Waals surface area contributed by atoms with Gasteiger partial charge in [-0.3, -0.25) is 10.4 Å². The molecule has 0 saturated heterocycles. The number of pyridine rings is 1. The standard InChI is InChI=1S/C20H21N3O2/c1-4-25-16-7-5-15(6-8-16)13-21-23-20-11-14(2)22-19-10-9-17(24-3)12-18(19)20/h5-13H,4H2,1-3H3,(H,22,23). The first kappa shape index (κ1) is 16.8. The molecule has 5 heteroatoms. The van der Waals surface area contributed by atoms with Gasteiger partial charge in [0.05, 0.1) is 31.1 Å². The summed E-state index contributed by atoms with van der Waals surface area (Å²) in [6.07, 6.45) is 1.78. The molecule has 25 heavy (non-hydrogen) atoms. The van der Waals surface area contributed by atoms with Crippen molar-refractivity contribution in [2.75, 3.05) is 19.1 Å². The summed E-state index contributed by atoms with van der Waals surface area (Å²) in [7, 11) is 1.65. The van der Waals surface area contributed by atoms with E-state index in [4.69, 9.17) is 9.47 Å². The monoisotopic (exact) mass is 335 g/mol. The molecule has 1 aromatic heterocycles. The highest BCUT2D eigenvalue weighted by molar-refractivity contribution is 5.93. The summed E-state index contributed by atoms with van der Waals surface area (Å²) in [6.45, 7) is 4.59. The first-order valence-electron chi connectivity index (χ1n) is 8.17. The minimum absolute atomic E-state index is 0.660. The number of nitrogens with zero attached hydrogens (tertiary/aromatic N) is 2. The maximum absolute atomic E-state index is 5.44. The van der Waals surface area contributed by atoms with E-state index in [-0.39, 0.29) is 0 Å². The van der Waals surface area contributed by atoms with Gasteiger partial charge in [0.1, 0.15) is 11.5 Å². The first-order valence-corrected chi connectivity index (χ1v) is 8.17. The van der Waals surface area contributed by atoms with Gasteiger partial charge in [-0.25, -0.2) is 0 Å². The van der Waals surface area contributed by atoms with Crippen molar-refractivity contribution in [2.45, 2.75) is 13.8 Å². The fraction of sp³-hybridized carbons (Fsp3) is 0.200. The highest BCUT2D eigenvalue weighted by Gasteiger charge is 2.05. The second-order valence-electron chi connectivity index (χ2n) is 5.57. The third-order valence-electron chi connectivity index (χ3n) is 3.73. The Morgan fingerprint density at radius 2 is 1.84 bits per heavy atom. The molecule has 3 rings (SSSR count). The van der Waals surface area contributed by atoms with Gasteiger partial charge in [0.15, 0.2) is 0 Å². The van der Waals surface area contributed by atoms with Gasteiger partial charge in [0.2, 0.25) is 0 Å². The van der Waals surface area contributed by atoms with E-state index >= 15 is 0 Å². The van der Waals surface area contributed by atoms with Gasteiger partial charge < -0.3 is 9.47 Å². The fourth-order valence-electron chi connectivity index (χ4n) is 2.55. The zero-order chi connectivity index (χ0) is 17.6. The minimum atomic E-state index is 0.660. The molecule has 0 atom stereocenters. The smallest absolute Gasteiger partial charge is 0.119 e. The van der Waals surface area contributed by atoms with Gasteiger partial charge in [-0.1, -0.05) is 0 Å². The average molecular weight is 335 g/mol. The third-order valence-corrected chi connectivity index (χ3v) is 3.73. The molecule has 0 unspecified atom stereocenters. The average Bonchev–Trinajstić information content (AvgIpc) is 2.63. The van der Waals surface area contributed by atoms with Crippen molar-refractivity contribution >= 4 is 22.8 Å². The van der Waals surface area contributed by atoms with Crippen molar-refractivity contribution in [3.8, 4) is 11.5 Å². The number of benzene rings is 2. The van der Waals surface area contributed by atoms with E-state index in [0.717, 1.165) is 39.3 Å². The van der Waals surface area contributed by atoms with Crippen LogP contribution < -0.4 is 14.9 Å². The van der Waals surface area contributed by atoms with E-state index in [0.29, 0.717) is 6.61 Å². The van der Waals surface area contributed by atoms with Crippen LogP contribution in [0.25, 0.3) is 10.9 Å². The van der Waals surface area contributed by atoms with Crippen molar-refractivity contribution < 1.29 is 9.47 Å². The Hall–Kier alpha value is -3.08. The minimum Gasteiger partial charge on any atom is -0.497 e. The Bertz CT molecular complexity index is 889. The molecular weight excluding hydrogens is 314 g/mol. The molecule has 0 spiro atoms. The van der Waals surface area contributed by atoms with Crippen LogP contribution in [0, 0.1) is 6.92 Å². The molecule has 1 N–H and O–H groups in total. The molecule has 0 radical (unpaired) electrons. The maximum atomic E-state index is 5.44. The number of aryl methyl sites for hydroxylation is 1. The number of nitrogens with one attached hydrogen (secondary N) is 1. The van der Waals surface area contributed by atoms with E-state index in [1.807, 2.05) is 62.4 Å². The van der Waals surface area contributed by atoms with Gasteiger partial charge in [-0.05, 0) is 67.9 Å². The van der Waals surface area contributed by atoms with E-state index in [9.17, 15) is 0 Å². The fourth-order valence-corrected chi connectivity index (χ4v) is 2.55. The van der Waals surface area contributed by atoms with Gasteiger partial charge in [0.25, 0.3) is 0 Å². The number of aromatic nitrogens is 1. The number of ether oxygens (including phenoxy) is 2. The van der Waals surface area contributed by atoms with Crippen molar-refractivity contribution in [3.63, 3.8) is 0 Å². The van der Waals surface area contributed by atoms with Crippen molar-refractivity contribution in [1.82, 2.24) is 4.98 Å². The number of rotatable bonds is 6. The van der Waals surface area contributed by atoms with E-state index in [2.05, 4.69) is 15.5 Å². The van der Waals surface area contributed by atoms with Gasteiger partial charge in [-0.15, -0.1) is 0 Å². The lowest BCUT2D eigenvalue weighted by atomic mass is 10.1. The lowest BCUT2D eigenvalue weighted by Crippen LogP contribution is -1.96. The van der Waals surface area contributed by atoms with Crippen molar-refractivity contribution in [3.05, 3.63) is 59.8 Å². The molecule has 3 aromatic rings. The predicted octanol–water partition coefficient (Wildman–Crippen LogP) is 4.40. The molecule has 0 aliphatic carbocycles. The predicted molar refractivity (Wildman–Crippen MR) is 102 cm³/mol. The number of methoxy groups -OCH3 is 1. The highest BCUT2D eigenvalue weighted by Crippen LogP contribution is 2.27. The van der Waals surface area contributed by atoms with Crippen LogP contribution in [0.2, 0.25) is 0 Å². The molecule has 2 aromatic carbocycles. The van der Waals surface area contributed by atoms with Crippen LogP contribution in [0.3, 0.4) is 0 Å². The topological polar surface area (TPSA) is 55.7 Å². The van der Waals surface area contributed by atoms with Crippen LogP contribution in [0.5, 0.6) is 11.5 Å². The van der Waals surface area contributed by atoms with Crippen LogP contribution in [0.1, 0.15) is 18.2 Å². The molecule has 0 aliphatic rings. The Balaban J connectivity index is 1.82. The lowest BCUT2D eigenvalue weighted by Gasteiger charge is -2.09. The quantitative estimate of drug-likeness (QED) is 0.536. The summed E-state index contributed by atoms with van der Waals surface area (Å²) >= 11 is 0. The summed E-state index contributed by atoms with van der Waals surface area (Å²) in [5.74, 6) is 1.65. The van der Waals surface area contributed by atoms with Gasteiger partial charge in [-0.2, -0.15) is 5.10 Å². The molecule has 1 heterocycles. The Morgan fingerprint density at radius 1 is 1.08 bits per heavy atom. The molecule has 5 nitrogen and oxygen atoms in total. The number of anilines is 1. The molecule has 0 bridgehead atoms. The molecule has 0 fully saturated rings. The van der Waals surface area contributed by atoms with E-state index in [1.165, 1.54) is 0 Å². The summed E-state index contributed by atoms with van der Waals surface area (Å²) in [4.78, 5) is 4.54. The van der Waals surface area contributed by atoms with Crippen LogP contribution in [0.15, 0.2) is 53.6 Å². The second kappa shape index (κ2) is 7.66. The number of fused-ring (bicyclic) bond motifs is 1. The van der Waals surface area contributed by atoms with E-state index < -0.39 is 0 Å². The largest absolute Gasteiger partial charge is 0.497 e. The molecule has 0 aliphatic heterocycles. The second-order valence-corrected chi connectivity index (χ2v) is 5.57. The van der Waals surface area contributed by atoms with Crippen molar-refractivity contribution in [2.24, 2.45) is 5.10 Å². The van der Waals surface area contributed by atoms with Crippen molar-refractivity contribution in [1.29, 1.82) is 0 Å². The van der Waals surface area contributed by atoms with Crippen LogP contribution in [-0.4, -0.2) is 24.9 Å². The molecular formula is C20H21N3O2.